The van der Waals surface area contributed by atoms with Crippen LogP contribution in [0.4, 0.5) is 0 Å². The van der Waals surface area contributed by atoms with Crippen LogP contribution in [0.2, 0.25) is 0 Å². The molecule has 0 unspecified atom stereocenters. The highest BCUT2D eigenvalue weighted by Crippen LogP contribution is 2.12. The molecule has 0 saturated heterocycles. The molecule has 118 valence electrons. The highest BCUT2D eigenvalue weighted by Gasteiger charge is 2.07. The molecule has 0 bridgehead atoms. The van der Waals surface area contributed by atoms with Crippen molar-refractivity contribution >= 4 is 17.2 Å². The molecule has 1 aromatic heterocycles. The standard InChI is InChI=1S/C16H20N2O3S/c1-12-5-3-6-14(9-12)21-8-4-7-17-15(19)10-18-13(2)11-22-16(18)20/h3,5-6,9,11H,4,7-8,10H2,1-2H3,(H,17,19). The summed E-state index contributed by atoms with van der Waals surface area (Å²) in [5.74, 6) is 0.686. The second-order valence-electron chi connectivity index (χ2n) is 5.10. The summed E-state index contributed by atoms with van der Waals surface area (Å²) >= 11 is 1.11. The second kappa shape index (κ2) is 7.79. The second-order valence-corrected chi connectivity index (χ2v) is 5.92. The number of ether oxygens (including phenoxy) is 1. The third-order valence-electron chi connectivity index (χ3n) is 3.18. The van der Waals surface area contributed by atoms with Crippen molar-refractivity contribution in [1.82, 2.24) is 9.88 Å². The molecule has 1 aromatic carbocycles. The number of nitrogens with zero attached hydrogens (tertiary/aromatic N) is 1. The van der Waals surface area contributed by atoms with Crippen LogP contribution in [0.15, 0.2) is 34.4 Å². The molecule has 5 nitrogen and oxygen atoms in total. The van der Waals surface area contributed by atoms with Gasteiger partial charge in [-0.15, -0.1) is 0 Å². The van der Waals surface area contributed by atoms with E-state index in [4.69, 9.17) is 4.74 Å². The molecule has 0 fully saturated rings. The van der Waals surface area contributed by atoms with Crippen molar-refractivity contribution in [2.45, 2.75) is 26.8 Å². The molecular weight excluding hydrogens is 300 g/mol. The van der Waals surface area contributed by atoms with E-state index in [9.17, 15) is 9.59 Å². The summed E-state index contributed by atoms with van der Waals surface area (Å²) in [6.07, 6.45) is 0.719. The Morgan fingerprint density at radius 3 is 2.86 bits per heavy atom. The predicted molar refractivity (Wildman–Crippen MR) is 87.6 cm³/mol. The fourth-order valence-electron chi connectivity index (χ4n) is 1.99. The Hall–Kier alpha value is -2.08. The molecule has 0 aliphatic rings. The molecule has 1 heterocycles. The van der Waals surface area contributed by atoms with Gasteiger partial charge in [-0.2, -0.15) is 0 Å². The number of carbonyl (C=O) groups excluding carboxylic acids is 1. The van der Waals surface area contributed by atoms with Gasteiger partial charge in [0.05, 0.1) is 6.61 Å². The fourth-order valence-corrected chi connectivity index (χ4v) is 2.73. The number of amides is 1. The third kappa shape index (κ3) is 4.73. The van der Waals surface area contributed by atoms with Crippen molar-refractivity contribution in [2.24, 2.45) is 0 Å². The maximum atomic E-state index is 11.8. The molecule has 0 aliphatic carbocycles. The molecule has 2 rings (SSSR count). The zero-order chi connectivity index (χ0) is 15.9. The lowest BCUT2D eigenvalue weighted by Crippen LogP contribution is -2.32. The Bertz CT molecular complexity index is 691. The van der Waals surface area contributed by atoms with E-state index in [-0.39, 0.29) is 17.3 Å². The van der Waals surface area contributed by atoms with E-state index in [1.165, 1.54) is 4.57 Å². The van der Waals surface area contributed by atoms with Crippen LogP contribution in [0.1, 0.15) is 17.7 Å². The molecular formula is C16H20N2O3S. The van der Waals surface area contributed by atoms with Crippen LogP contribution < -0.4 is 14.9 Å². The minimum atomic E-state index is -0.154. The lowest BCUT2D eigenvalue weighted by molar-refractivity contribution is -0.121. The van der Waals surface area contributed by atoms with Gasteiger partial charge in [0.25, 0.3) is 0 Å². The third-order valence-corrected chi connectivity index (χ3v) is 4.06. The first-order valence-corrected chi connectivity index (χ1v) is 8.05. The van der Waals surface area contributed by atoms with Gasteiger partial charge in [-0.1, -0.05) is 23.5 Å². The van der Waals surface area contributed by atoms with Gasteiger partial charge in [0, 0.05) is 17.6 Å². The van der Waals surface area contributed by atoms with Crippen LogP contribution in [-0.2, 0) is 11.3 Å². The summed E-state index contributed by atoms with van der Waals surface area (Å²) in [6.45, 7) is 4.99. The fraction of sp³-hybridized carbons (Fsp3) is 0.375. The summed E-state index contributed by atoms with van der Waals surface area (Å²) in [4.78, 5) is 23.2. The van der Waals surface area contributed by atoms with E-state index >= 15 is 0 Å². The molecule has 1 N–H and O–H groups in total. The number of carbonyl (C=O) groups is 1. The summed E-state index contributed by atoms with van der Waals surface area (Å²) in [7, 11) is 0. The van der Waals surface area contributed by atoms with Gasteiger partial charge in [-0.25, -0.2) is 0 Å². The monoisotopic (exact) mass is 320 g/mol. The SMILES string of the molecule is Cc1cccc(OCCCNC(=O)Cn2c(C)csc2=O)c1. The normalized spacial score (nSPS) is 10.5. The van der Waals surface area contributed by atoms with E-state index in [0.717, 1.165) is 34.8 Å². The highest BCUT2D eigenvalue weighted by atomic mass is 32.1. The maximum Gasteiger partial charge on any atom is 0.307 e. The van der Waals surface area contributed by atoms with Crippen molar-refractivity contribution in [2.75, 3.05) is 13.2 Å². The van der Waals surface area contributed by atoms with Gasteiger partial charge < -0.3 is 10.1 Å². The molecule has 0 aliphatic heterocycles. The average molecular weight is 320 g/mol. The van der Waals surface area contributed by atoms with Gasteiger partial charge in [-0.3, -0.25) is 14.2 Å². The number of hydrogen-bond donors (Lipinski definition) is 1. The molecule has 0 radical (unpaired) electrons. The number of thiazole rings is 1. The number of aromatic nitrogens is 1. The van der Waals surface area contributed by atoms with Crippen LogP contribution in [0.25, 0.3) is 0 Å². The number of aryl methyl sites for hydroxylation is 2. The number of benzene rings is 1. The Labute approximate surface area is 133 Å². The zero-order valence-corrected chi connectivity index (χ0v) is 13.6. The van der Waals surface area contributed by atoms with Crippen LogP contribution in [0.5, 0.6) is 5.75 Å². The number of hydrogen-bond acceptors (Lipinski definition) is 4. The first-order valence-electron chi connectivity index (χ1n) is 7.17. The maximum absolute atomic E-state index is 11.8. The largest absolute Gasteiger partial charge is 0.494 e. The summed E-state index contributed by atoms with van der Waals surface area (Å²) in [5.41, 5.74) is 1.97. The smallest absolute Gasteiger partial charge is 0.307 e. The molecule has 0 atom stereocenters. The van der Waals surface area contributed by atoms with Gasteiger partial charge in [0.1, 0.15) is 12.3 Å². The summed E-state index contributed by atoms with van der Waals surface area (Å²) in [5, 5.41) is 4.55. The van der Waals surface area contributed by atoms with Crippen LogP contribution in [-0.4, -0.2) is 23.6 Å². The number of nitrogens with one attached hydrogen (secondary N) is 1. The van der Waals surface area contributed by atoms with E-state index in [1.807, 2.05) is 38.1 Å². The van der Waals surface area contributed by atoms with Crippen molar-refractivity contribution < 1.29 is 9.53 Å². The lowest BCUT2D eigenvalue weighted by atomic mass is 10.2. The van der Waals surface area contributed by atoms with Crippen molar-refractivity contribution in [1.29, 1.82) is 0 Å². The first kappa shape index (κ1) is 16.3. The van der Waals surface area contributed by atoms with E-state index < -0.39 is 0 Å². The average Bonchev–Trinajstić information content (AvgIpc) is 2.79. The Kier molecular flexibility index (Phi) is 5.77. The predicted octanol–water partition coefficient (Wildman–Crippen LogP) is 2.11. The number of rotatable bonds is 7. The minimum absolute atomic E-state index is 0.0763. The quantitative estimate of drug-likeness (QED) is 0.795. The van der Waals surface area contributed by atoms with Gasteiger partial charge in [-0.05, 0) is 38.0 Å². The Balaban J connectivity index is 1.66. The van der Waals surface area contributed by atoms with Crippen LogP contribution in [0, 0.1) is 13.8 Å². The van der Waals surface area contributed by atoms with E-state index in [2.05, 4.69) is 5.32 Å². The van der Waals surface area contributed by atoms with Crippen molar-refractivity contribution in [3.8, 4) is 5.75 Å². The van der Waals surface area contributed by atoms with Gasteiger partial charge in [0.2, 0.25) is 5.91 Å². The Morgan fingerprint density at radius 1 is 1.36 bits per heavy atom. The topological polar surface area (TPSA) is 60.3 Å². The lowest BCUT2D eigenvalue weighted by Gasteiger charge is -2.08. The van der Waals surface area contributed by atoms with Gasteiger partial charge in [0.15, 0.2) is 0 Å². The van der Waals surface area contributed by atoms with E-state index in [1.54, 1.807) is 5.38 Å². The van der Waals surface area contributed by atoms with E-state index in [0.29, 0.717) is 13.2 Å². The molecule has 0 saturated carbocycles. The highest BCUT2D eigenvalue weighted by molar-refractivity contribution is 7.07. The van der Waals surface area contributed by atoms with Crippen molar-refractivity contribution in [3.05, 3.63) is 50.6 Å². The molecule has 1 amide bonds. The summed E-state index contributed by atoms with van der Waals surface area (Å²) in [6, 6.07) is 7.86. The molecule has 6 heteroatoms. The van der Waals surface area contributed by atoms with Crippen molar-refractivity contribution in [3.63, 3.8) is 0 Å². The summed E-state index contributed by atoms with van der Waals surface area (Å²) < 4.78 is 7.08. The molecule has 2 aromatic rings. The first-order chi connectivity index (χ1) is 10.6. The van der Waals surface area contributed by atoms with Gasteiger partial charge >= 0.3 is 4.87 Å². The van der Waals surface area contributed by atoms with Crippen LogP contribution >= 0.6 is 11.3 Å². The molecule has 22 heavy (non-hydrogen) atoms. The molecule has 0 spiro atoms. The van der Waals surface area contributed by atoms with Crippen LogP contribution in [0.3, 0.4) is 0 Å². The Morgan fingerprint density at radius 2 is 2.18 bits per heavy atom. The minimum Gasteiger partial charge on any atom is -0.494 e. The zero-order valence-electron chi connectivity index (χ0n) is 12.8.